The first-order valence-electron chi connectivity index (χ1n) is 5.53. The topological polar surface area (TPSA) is 34.2 Å². The van der Waals surface area contributed by atoms with Crippen molar-refractivity contribution in [3.05, 3.63) is 16.1 Å². The number of aromatic nitrogens is 1. The molecule has 0 saturated carbocycles. The number of thiazole rings is 1. The number of nitrogens with one attached hydrogen (secondary N) is 1. The molecule has 1 aromatic rings. The van der Waals surface area contributed by atoms with E-state index in [1.54, 1.807) is 11.3 Å². The van der Waals surface area contributed by atoms with Crippen LogP contribution in [0.5, 0.6) is 0 Å². The zero-order valence-electron chi connectivity index (χ0n) is 9.16. The molecule has 1 N–H and O–H groups in total. The van der Waals surface area contributed by atoms with Crippen molar-refractivity contribution in [1.82, 2.24) is 10.3 Å². The normalized spacial score (nSPS) is 18.2. The summed E-state index contributed by atoms with van der Waals surface area (Å²) in [5.41, 5.74) is 3.08. The summed E-state index contributed by atoms with van der Waals surface area (Å²) >= 11 is 1.74. The molecule has 84 valence electrons. The largest absolute Gasteiger partial charge is 0.381 e. The lowest BCUT2D eigenvalue weighted by atomic mass is 10.0. The Balaban J connectivity index is 1.68. The number of nitrogens with zero attached hydrogens (tertiary/aromatic N) is 1. The molecule has 3 nitrogen and oxygen atoms in total. The van der Waals surface area contributed by atoms with Gasteiger partial charge in [-0.05, 0) is 32.2 Å². The molecule has 0 unspecified atom stereocenters. The van der Waals surface area contributed by atoms with Crippen molar-refractivity contribution in [2.45, 2.75) is 26.3 Å². The van der Waals surface area contributed by atoms with Gasteiger partial charge in [0.1, 0.15) is 0 Å². The highest BCUT2D eigenvalue weighted by atomic mass is 32.1. The van der Waals surface area contributed by atoms with Crippen LogP contribution in [0.15, 0.2) is 5.51 Å². The second-order valence-electron chi connectivity index (χ2n) is 4.05. The molecule has 0 atom stereocenters. The molecule has 1 saturated heterocycles. The molecular formula is C11H18N2OS. The van der Waals surface area contributed by atoms with Crippen molar-refractivity contribution < 1.29 is 4.74 Å². The quantitative estimate of drug-likeness (QED) is 0.852. The summed E-state index contributed by atoms with van der Waals surface area (Å²) in [5.74, 6) is 0.798. The predicted molar refractivity (Wildman–Crippen MR) is 62.1 cm³/mol. The molecule has 1 aliphatic heterocycles. The van der Waals surface area contributed by atoms with E-state index in [1.165, 1.54) is 23.4 Å². The van der Waals surface area contributed by atoms with E-state index >= 15 is 0 Å². The third kappa shape index (κ3) is 3.26. The Morgan fingerprint density at radius 1 is 1.53 bits per heavy atom. The summed E-state index contributed by atoms with van der Waals surface area (Å²) in [4.78, 5) is 5.60. The van der Waals surface area contributed by atoms with E-state index < -0.39 is 0 Å². The van der Waals surface area contributed by atoms with Crippen molar-refractivity contribution in [1.29, 1.82) is 0 Å². The van der Waals surface area contributed by atoms with Crippen molar-refractivity contribution >= 4 is 11.3 Å². The van der Waals surface area contributed by atoms with Gasteiger partial charge in [0, 0.05) is 24.6 Å². The molecule has 1 aliphatic rings. The lowest BCUT2D eigenvalue weighted by Crippen LogP contribution is -2.27. The molecule has 15 heavy (non-hydrogen) atoms. The number of aryl methyl sites for hydroxylation is 1. The van der Waals surface area contributed by atoms with E-state index in [1.807, 2.05) is 5.51 Å². The maximum absolute atomic E-state index is 5.34. The maximum atomic E-state index is 5.34. The van der Waals surface area contributed by atoms with Gasteiger partial charge in [0.2, 0.25) is 0 Å². The van der Waals surface area contributed by atoms with Gasteiger partial charge in [-0.1, -0.05) is 0 Å². The minimum Gasteiger partial charge on any atom is -0.381 e. The van der Waals surface area contributed by atoms with Crippen LogP contribution in [0.4, 0.5) is 0 Å². The summed E-state index contributed by atoms with van der Waals surface area (Å²) in [6.07, 6.45) is 2.41. The maximum Gasteiger partial charge on any atom is 0.0798 e. The number of hydrogen-bond acceptors (Lipinski definition) is 4. The Hall–Kier alpha value is -0.450. The highest BCUT2D eigenvalue weighted by Crippen LogP contribution is 2.15. The Kier molecular flexibility index (Phi) is 4.11. The van der Waals surface area contributed by atoms with Gasteiger partial charge in [0.15, 0.2) is 0 Å². The van der Waals surface area contributed by atoms with Crippen molar-refractivity contribution in [3.8, 4) is 0 Å². The molecule has 2 heterocycles. The SMILES string of the molecule is Cc1ncsc1CNCC1CCOCC1. The Morgan fingerprint density at radius 2 is 2.33 bits per heavy atom. The molecule has 4 heteroatoms. The van der Waals surface area contributed by atoms with Crippen molar-refractivity contribution in [3.63, 3.8) is 0 Å². The van der Waals surface area contributed by atoms with Crippen LogP contribution in [0.3, 0.4) is 0 Å². The third-order valence-corrected chi connectivity index (χ3v) is 3.84. The van der Waals surface area contributed by atoms with Crippen LogP contribution in [0, 0.1) is 12.8 Å². The van der Waals surface area contributed by atoms with Crippen LogP contribution >= 0.6 is 11.3 Å². The second-order valence-corrected chi connectivity index (χ2v) is 4.99. The summed E-state index contributed by atoms with van der Waals surface area (Å²) in [5, 5.41) is 3.51. The van der Waals surface area contributed by atoms with Crippen LogP contribution in [0.2, 0.25) is 0 Å². The highest BCUT2D eigenvalue weighted by molar-refractivity contribution is 7.09. The third-order valence-electron chi connectivity index (χ3n) is 2.90. The number of hydrogen-bond donors (Lipinski definition) is 1. The van der Waals surface area contributed by atoms with Crippen LogP contribution in [-0.4, -0.2) is 24.7 Å². The molecule has 0 amide bonds. The fourth-order valence-corrected chi connectivity index (χ4v) is 2.58. The lowest BCUT2D eigenvalue weighted by molar-refractivity contribution is 0.0662. The monoisotopic (exact) mass is 226 g/mol. The van der Waals surface area contributed by atoms with E-state index in [9.17, 15) is 0 Å². The van der Waals surface area contributed by atoms with Crippen LogP contribution in [0.1, 0.15) is 23.4 Å². The molecular weight excluding hydrogens is 208 g/mol. The number of ether oxygens (including phenoxy) is 1. The van der Waals surface area contributed by atoms with Crippen molar-refractivity contribution in [2.24, 2.45) is 5.92 Å². The van der Waals surface area contributed by atoms with Gasteiger partial charge in [0.05, 0.1) is 11.2 Å². The van der Waals surface area contributed by atoms with E-state index in [4.69, 9.17) is 4.74 Å². The molecule has 1 aromatic heterocycles. The van der Waals surface area contributed by atoms with Crippen LogP contribution < -0.4 is 5.32 Å². The Morgan fingerprint density at radius 3 is 3.00 bits per heavy atom. The molecule has 0 aromatic carbocycles. The zero-order valence-corrected chi connectivity index (χ0v) is 9.98. The van der Waals surface area contributed by atoms with E-state index in [2.05, 4.69) is 17.2 Å². The summed E-state index contributed by atoms with van der Waals surface area (Å²) < 4.78 is 5.34. The van der Waals surface area contributed by atoms with Crippen molar-refractivity contribution in [2.75, 3.05) is 19.8 Å². The first-order valence-corrected chi connectivity index (χ1v) is 6.41. The average Bonchev–Trinajstić information content (AvgIpc) is 2.66. The zero-order chi connectivity index (χ0) is 10.5. The predicted octanol–water partition coefficient (Wildman–Crippen LogP) is 1.97. The summed E-state index contributed by atoms with van der Waals surface area (Å²) in [6.45, 7) is 6.02. The van der Waals surface area contributed by atoms with Crippen LogP contribution in [0.25, 0.3) is 0 Å². The highest BCUT2D eigenvalue weighted by Gasteiger charge is 2.13. The van der Waals surface area contributed by atoms with Gasteiger partial charge in [-0.25, -0.2) is 4.98 Å². The van der Waals surface area contributed by atoms with Crippen LogP contribution in [-0.2, 0) is 11.3 Å². The van der Waals surface area contributed by atoms with E-state index in [0.717, 1.165) is 32.2 Å². The summed E-state index contributed by atoms with van der Waals surface area (Å²) in [6, 6.07) is 0. The average molecular weight is 226 g/mol. The fraction of sp³-hybridized carbons (Fsp3) is 0.727. The van der Waals surface area contributed by atoms with Gasteiger partial charge in [-0.2, -0.15) is 0 Å². The Bertz CT molecular complexity index is 295. The standard InChI is InChI=1S/C11H18N2OS/c1-9-11(15-8-13-9)7-12-6-10-2-4-14-5-3-10/h8,10,12H,2-7H2,1H3. The smallest absolute Gasteiger partial charge is 0.0798 e. The number of rotatable bonds is 4. The van der Waals surface area contributed by atoms with Gasteiger partial charge in [-0.15, -0.1) is 11.3 Å². The first-order chi connectivity index (χ1) is 7.36. The molecule has 0 spiro atoms. The summed E-state index contributed by atoms with van der Waals surface area (Å²) in [7, 11) is 0. The molecule has 0 aliphatic carbocycles. The van der Waals surface area contributed by atoms with Gasteiger partial charge >= 0.3 is 0 Å². The van der Waals surface area contributed by atoms with Gasteiger partial charge in [0.25, 0.3) is 0 Å². The molecule has 0 radical (unpaired) electrons. The first kappa shape index (κ1) is 11.0. The van der Waals surface area contributed by atoms with E-state index in [0.29, 0.717) is 0 Å². The van der Waals surface area contributed by atoms with Gasteiger partial charge in [-0.3, -0.25) is 0 Å². The second kappa shape index (κ2) is 5.58. The molecule has 2 rings (SSSR count). The lowest BCUT2D eigenvalue weighted by Gasteiger charge is -2.22. The minimum atomic E-state index is 0.798. The fourth-order valence-electron chi connectivity index (χ4n) is 1.84. The Labute approximate surface area is 94.9 Å². The molecule has 0 bridgehead atoms. The molecule has 1 fully saturated rings. The van der Waals surface area contributed by atoms with Gasteiger partial charge < -0.3 is 10.1 Å². The minimum absolute atomic E-state index is 0.798. The van der Waals surface area contributed by atoms with E-state index in [-0.39, 0.29) is 0 Å².